The van der Waals surface area contributed by atoms with E-state index in [-0.39, 0.29) is 23.2 Å². The van der Waals surface area contributed by atoms with Gasteiger partial charge in [-0.25, -0.2) is 0 Å². The fourth-order valence-electron chi connectivity index (χ4n) is 4.44. The average Bonchev–Trinajstić information content (AvgIpc) is 3.66. The van der Waals surface area contributed by atoms with Crippen LogP contribution in [0.15, 0.2) is 48.5 Å². The summed E-state index contributed by atoms with van der Waals surface area (Å²) in [5.74, 6) is -0.174. The Morgan fingerprint density at radius 2 is 1.63 bits per heavy atom. The molecule has 3 aromatic rings. The van der Waals surface area contributed by atoms with Crippen molar-refractivity contribution < 1.29 is 22.7 Å². The summed E-state index contributed by atoms with van der Waals surface area (Å²) in [6.45, 7) is 3.92. The Morgan fingerprint density at radius 3 is 2.22 bits per heavy atom. The highest BCUT2D eigenvalue weighted by Crippen LogP contribution is 2.48. The third kappa shape index (κ3) is 8.92. The van der Waals surface area contributed by atoms with E-state index in [1.165, 1.54) is 0 Å². The molecule has 0 saturated heterocycles. The lowest BCUT2D eigenvalue weighted by molar-refractivity contribution is -0.154. The molecule has 13 heteroatoms. The van der Waals surface area contributed by atoms with E-state index < -0.39 is 24.3 Å². The number of alkyl halides is 3. The van der Waals surface area contributed by atoms with E-state index in [2.05, 4.69) is 49.6 Å². The van der Waals surface area contributed by atoms with Crippen LogP contribution >= 0.6 is 11.6 Å². The van der Waals surface area contributed by atoms with Gasteiger partial charge in [-0.15, -0.1) is 0 Å². The van der Waals surface area contributed by atoms with Gasteiger partial charge in [0.2, 0.25) is 11.9 Å². The molecule has 1 aliphatic rings. The summed E-state index contributed by atoms with van der Waals surface area (Å²) in [5, 5.41) is 9.74. The van der Waals surface area contributed by atoms with Crippen LogP contribution in [0.5, 0.6) is 6.01 Å². The van der Waals surface area contributed by atoms with Crippen LogP contribution in [0.3, 0.4) is 0 Å². The summed E-state index contributed by atoms with van der Waals surface area (Å²) in [4.78, 5) is 27.2. The third-order valence-corrected chi connectivity index (χ3v) is 6.60. The number of nitrogens with zero attached hydrogens (tertiary/aromatic N) is 4. The first-order valence-electron chi connectivity index (χ1n) is 13.0. The Hall–Kier alpha value is -3.64. The van der Waals surface area contributed by atoms with Crippen molar-refractivity contribution in [3.8, 4) is 6.01 Å². The van der Waals surface area contributed by atoms with Crippen LogP contribution in [0.4, 0.5) is 30.8 Å². The molecule has 0 spiro atoms. The first-order valence-corrected chi connectivity index (χ1v) is 13.4. The second-order valence-electron chi connectivity index (χ2n) is 11.2. The van der Waals surface area contributed by atoms with Gasteiger partial charge < -0.3 is 25.6 Å². The van der Waals surface area contributed by atoms with Gasteiger partial charge in [-0.2, -0.15) is 28.1 Å². The predicted octanol–water partition coefficient (Wildman–Crippen LogP) is 5.63. The van der Waals surface area contributed by atoms with Gasteiger partial charge in [-0.1, -0.05) is 37.6 Å². The molecule has 4 rings (SSSR count). The van der Waals surface area contributed by atoms with Crippen LogP contribution in [0.25, 0.3) is 0 Å². The van der Waals surface area contributed by atoms with Crippen molar-refractivity contribution in [3.63, 3.8) is 0 Å². The molecule has 1 saturated carbocycles. The second kappa shape index (κ2) is 12.1. The number of carbonyl (C=O) groups excluding carboxylic acids is 1. The molecule has 9 nitrogen and oxygen atoms in total. The van der Waals surface area contributed by atoms with Crippen molar-refractivity contribution in [2.24, 2.45) is 5.41 Å². The molecular weight excluding hydrogens is 559 g/mol. The molecule has 1 aromatic heterocycles. The van der Waals surface area contributed by atoms with Gasteiger partial charge in [-0.3, -0.25) is 4.79 Å². The summed E-state index contributed by atoms with van der Waals surface area (Å²) in [7, 11) is 3.96. The lowest BCUT2D eigenvalue weighted by Gasteiger charge is -2.28. The number of benzene rings is 2. The minimum Gasteiger partial charge on any atom is -0.454 e. The number of aromatic nitrogens is 3. The highest BCUT2D eigenvalue weighted by molar-refractivity contribution is 6.30. The van der Waals surface area contributed by atoms with E-state index in [0.717, 1.165) is 24.9 Å². The Labute approximate surface area is 241 Å². The average molecular weight is 592 g/mol. The summed E-state index contributed by atoms with van der Waals surface area (Å²) >= 11 is 6.02. The lowest BCUT2D eigenvalue weighted by Crippen LogP contribution is -2.39. The molecule has 1 amide bonds. The number of nitrogens with one attached hydrogen (secondary N) is 3. The van der Waals surface area contributed by atoms with Crippen LogP contribution in [0, 0.1) is 5.41 Å². The molecule has 0 unspecified atom stereocenters. The number of carbonyl (C=O) groups is 1. The molecule has 1 aliphatic carbocycles. The van der Waals surface area contributed by atoms with Gasteiger partial charge >= 0.3 is 12.2 Å². The molecular formula is C28H33ClF3N7O2. The maximum absolute atomic E-state index is 12.8. The number of anilines is 3. The molecule has 0 bridgehead atoms. The molecule has 220 valence electrons. The molecule has 2 aromatic carbocycles. The van der Waals surface area contributed by atoms with Gasteiger partial charge in [0.05, 0.1) is 5.54 Å². The van der Waals surface area contributed by atoms with E-state index in [4.69, 9.17) is 16.3 Å². The van der Waals surface area contributed by atoms with Crippen molar-refractivity contribution >= 4 is 35.1 Å². The maximum atomic E-state index is 12.8. The normalized spacial score (nSPS) is 14.5. The van der Waals surface area contributed by atoms with Gasteiger partial charge in [0.1, 0.15) is 0 Å². The Kier molecular flexibility index (Phi) is 8.93. The van der Waals surface area contributed by atoms with Crippen molar-refractivity contribution in [3.05, 3.63) is 64.7 Å². The maximum Gasteiger partial charge on any atom is 0.422 e. The van der Waals surface area contributed by atoms with Crippen molar-refractivity contribution in [2.75, 3.05) is 44.4 Å². The van der Waals surface area contributed by atoms with Crippen LogP contribution in [-0.2, 0) is 5.54 Å². The molecule has 41 heavy (non-hydrogen) atoms. The zero-order valence-corrected chi connectivity index (χ0v) is 24.0. The molecule has 0 aliphatic heterocycles. The Bertz CT molecular complexity index is 1350. The number of halogens is 4. The smallest absolute Gasteiger partial charge is 0.422 e. The fraction of sp³-hybridized carbons (Fsp3) is 0.429. The Morgan fingerprint density at radius 1 is 1.00 bits per heavy atom. The summed E-state index contributed by atoms with van der Waals surface area (Å²) in [6, 6.07) is 13.4. The number of ether oxygens (including phenoxy) is 1. The number of rotatable bonds is 12. The zero-order valence-electron chi connectivity index (χ0n) is 23.3. The second-order valence-corrected chi connectivity index (χ2v) is 11.6. The molecule has 1 fully saturated rings. The van der Waals surface area contributed by atoms with Crippen LogP contribution in [-0.4, -0.2) is 65.7 Å². The quantitative estimate of drug-likeness (QED) is 0.249. The lowest BCUT2D eigenvalue weighted by atomic mass is 9.93. The van der Waals surface area contributed by atoms with Crippen LogP contribution < -0.4 is 20.7 Å². The molecule has 3 N–H and O–H groups in total. The van der Waals surface area contributed by atoms with Crippen LogP contribution in [0.1, 0.15) is 42.6 Å². The van der Waals surface area contributed by atoms with E-state index in [0.29, 0.717) is 22.8 Å². The monoisotopic (exact) mass is 591 g/mol. The summed E-state index contributed by atoms with van der Waals surface area (Å²) < 4.78 is 43.3. The molecule has 0 radical (unpaired) electrons. The summed E-state index contributed by atoms with van der Waals surface area (Å²) in [5.41, 5.74) is 1.35. The highest BCUT2D eigenvalue weighted by atomic mass is 35.5. The van der Waals surface area contributed by atoms with E-state index in [1.54, 1.807) is 36.4 Å². The first kappa shape index (κ1) is 30.3. The van der Waals surface area contributed by atoms with Crippen molar-refractivity contribution in [1.82, 2.24) is 25.2 Å². The fourth-order valence-corrected chi connectivity index (χ4v) is 4.57. The number of hydrogen-bond donors (Lipinski definition) is 3. The van der Waals surface area contributed by atoms with E-state index >= 15 is 0 Å². The minimum atomic E-state index is -4.56. The van der Waals surface area contributed by atoms with Crippen LogP contribution in [0.2, 0.25) is 5.02 Å². The standard InChI is InChI=1S/C28H33ClF3N7O2/c1-26(2,16-39(3)4)15-33-22(40)18-5-11-21(12-6-18)34-23-35-24(37-25(36-23)41-17-28(30,31)32)38-27(13-14-27)19-7-9-20(29)10-8-19/h5-12H,13-17H2,1-4H3,(H,33,40)(H2,34,35,36,37,38). The Balaban J connectivity index is 1.48. The SMILES string of the molecule is CN(C)CC(C)(C)CNC(=O)c1ccc(Nc2nc(NC3(c4ccc(Cl)cc4)CC3)nc(OCC(F)(F)F)n2)cc1. The number of amides is 1. The first-order chi connectivity index (χ1) is 19.2. The predicted molar refractivity (Wildman–Crippen MR) is 152 cm³/mol. The van der Waals surface area contributed by atoms with E-state index in [1.807, 2.05) is 26.2 Å². The zero-order chi connectivity index (χ0) is 29.8. The molecule has 1 heterocycles. The highest BCUT2D eigenvalue weighted by Gasteiger charge is 2.45. The van der Waals surface area contributed by atoms with Crippen molar-refractivity contribution in [1.29, 1.82) is 0 Å². The summed E-state index contributed by atoms with van der Waals surface area (Å²) in [6.07, 6.45) is -3.01. The van der Waals surface area contributed by atoms with Gasteiger partial charge in [0.25, 0.3) is 5.91 Å². The van der Waals surface area contributed by atoms with E-state index in [9.17, 15) is 18.0 Å². The van der Waals surface area contributed by atoms with Gasteiger partial charge in [0.15, 0.2) is 6.61 Å². The largest absolute Gasteiger partial charge is 0.454 e. The van der Waals surface area contributed by atoms with Gasteiger partial charge in [0, 0.05) is 29.4 Å². The van der Waals surface area contributed by atoms with Gasteiger partial charge in [-0.05, 0) is 74.3 Å². The van der Waals surface area contributed by atoms with Crippen molar-refractivity contribution in [2.45, 2.75) is 38.4 Å². The number of hydrogen-bond acceptors (Lipinski definition) is 8. The third-order valence-electron chi connectivity index (χ3n) is 6.35. The minimum absolute atomic E-state index is 0.0192. The topological polar surface area (TPSA) is 104 Å². The molecule has 0 atom stereocenters.